The summed E-state index contributed by atoms with van der Waals surface area (Å²) < 4.78 is 2.20. The molecule has 0 aromatic carbocycles. The lowest BCUT2D eigenvalue weighted by Gasteiger charge is -2.15. The van der Waals surface area contributed by atoms with Crippen LogP contribution in [-0.2, 0) is 0 Å². The van der Waals surface area contributed by atoms with Gasteiger partial charge in [-0.25, -0.2) is 0 Å². The van der Waals surface area contributed by atoms with Crippen LogP contribution < -0.4 is 0 Å². The highest BCUT2D eigenvalue weighted by atomic mass is 32.1. The Bertz CT molecular complexity index is 447. The van der Waals surface area contributed by atoms with E-state index in [9.17, 15) is 4.79 Å². The summed E-state index contributed by atoms with van der Waals surface area (Å²) in [6, 6.07) is 1.92. The molecule has 1 aromatic rings. The van der Waals surface area contributed by atoms with Crippen LogP contribution in [-0.4, -0.2) is 23.3 Å². The molecule has 2 nitrogen and oxygen atoms in total. The molecular formula is C10H12NOPS. The van der Waals surface area contributed by atoms with E-state index < -0.39 is 7.53 Å². The Morgan fingerprint density at radius 1 is 1.50 bits per heavy atom. The van der Waals surface area contributed by atoms with Crippen LogP contribution in [0.3, 0.4) is 0 Å². The van der Waals surface area contributed by atoms with E-state index in [1.54, 1.807) is 11.3 Å². The van der Waals surface area contributed by atoms with E-state index in [1.807, 2.05) is 11.4 Å². The van der Waals surface area contributed by atoms with Crippen LogP contribution in [0.5, 0.6) is 0 Å². The van der Waals surface area contributed by atoms with Crippen LogP contribution in [0.1, 0.15) is 29.1 Å². The normalized spacial score (nSPS) is 16.8. The third-order valence-electron chi connectivity index (χ3n) is 2.31. The second-order valence-electron chi connectivity index (χ2n) is 3.03. The average Bonchev–Trinajstić information content (AvgIpc) is 2.74. The molecule has 0 saturated carbocycles. The fourth-order valence-corrected chi connectivity index (χ4v) is 4.50. The molecule has 0 fully saturated rings. The first-order valence-corrected chi connectivity index (χ1v) is 6.88. The van der Waals surface area contributed by atoms with Crippen molar-refractivity contribution in [3.05, 3.63) is 21.9 Å². The van der Waals surface area contributed by atoms with E-state index in [0.717, 1.165) is 23.5 Å². The SMILES string of the molecule is CCN(CC)P1#Cc2sccc2C1=O. The lowest BCUT2D eigenvalue weighted by molar-refractivity contribution is 0.108. The Kier molecular flexibility index (Phi) is 2.76. The summed E-state index contributed by atoms with van der Waals surface area (Å²) in [5.74, 6) is 0. The van der Waals surface area contributed by atoms with Crippen molar-refractivity contribution >= 4 is 24.4 Å². The summed E-state index contributed by atoms with van der Waals surface area (Å²) in [6.45, 7) is 6.03. The van der Waals surface area contributed by atoms with Crippen molar-refractivity contribution < 1.29 is 4.79 Å². The standard InChI is InChI=1S/C10H12NOPS/c1-3-11(4-2)13-7-9-8(10(13)12)5-6-14-9/h5-6H,3-4H2,1-2H3. The largest absolute Gasteiger partial charge is 0.282 e. The maximum Gasteiger partial charge on any atom is 0.227 e. The van der Waals surface area contributed by atoms with Crippen molar-refractivity contribution in [1.29, 1.82) is 0 Å². The molecule has 1 aromatic heterocycles. The molecule has 1 unspecified atom stereocenters. The minimum Gasteiger partial charge on any atom is -0.282 e. The quantitative estimate of drug-likeness (QED) is 0.721. The second-order valence-corrected chi connectivity index (χ2v) is 5.77. The van der Waals surface area contributed by atoms with E-state index in [2.05, 4.69) is 24.1 Å². The van der Waals surface area contributed by atoms with Gasteiger partial charge in [-0.3, -0.25) is 9.46 Å². The Balaban J connectivity index is 2.38. The summed E-state index contributed by atoms with van der Waals surface area (Å²) in [5, 5.41) is 1.96. The number of hydrogen-bond acceptors (Lipinski definition) is 3. The van der Waals surface area contributed by atoms with Crippen molar-refractivity contribution in [2.75, 3.05) is 13.1 Å². The smallest absolute Gasteiger partial charge is 0.227 e. The number of carbonyl (C=O) groups is 1. The summed E-state index contributed by atoms with van der Waals surface area (Å²) in [6.07, 6.45) is 0. The van der Waals surface area contributed by atoms with E-state index in [0.29, 0.717) is 0 Å². The van der Waals surface area contributed by atoms with E-state index in [1.165, 1.54) is 0 Å². The van der Waals surface area contributed by atoms with Gasteiger partial charge in [0.2, 0.25) is 5.52 Å². The van der Waals surface area contributed by atoms with Crippen LogP contribution in [0.4, 0.5) is 0 Å². The Morgan fingerprint density at radius 2 is 2.21 bits per heavy atom. The molecule has 1 atom stereocenters. The third-order valence-corrected chi connectivity index (χ3v) is 5.48. The zero-order valence-corrected chi connectivity index (χ0v) is 9.99. The molecular weight excluding hydrogens is 213 g/mol. The van der Waals surface area contributed by atoms with Gasteiger partial charge in [-0.15, -0.1) is 11.3 Å². The minimum absolute atomic E-state index is 0.278. The van der Waals surface area contributed by atoms with E-state index >= 15 is 0 Å². The Hall–Kier alpha value is -0.590. The molecule has 2 rings (SSSR count). The fraction of sp³-hybridized carbons (Fsp3) is 0.400. The van der Waals surface area contributed by atoms with Gasteiger partial charge in [-0.05, 0) is 11.4 Å². The molecule has 4 heteroatoms. The predicted octanol–water partition coefficient (Wildman–Crippen LogP) is 2.95. The number of nitrogens with zero attached hydrogens (tertiary/aromatic N) is 1. The molecule has 14 heavy (non-hydrogen) atoms. The highest BCUT2D eigenvalue weighted by molar-refractivity contribution is 7.65. The first-order valence-electron chi connectivity index (χ1n) is 4.71. The monoisotopic (exact) mass is 225 g/mol. The van der Waals surface area contributed by atoms with Crippen LogP contribution in [0.25, 0.3) is 0 Å². The Morgan fingerprint density at radius 3 is 2.79 bits per heavy atom. The van der Waals surface area contributed by atoms with Crippen molar-refractivity contribution in [1.82, 2.24) is 4.67 Å². The number of thiophene rings is 1. The molecule has 0 radical (unpaired) electrons. The highest BCUT2D eigenvalue weighted by Crippen LogP contribution is 2.39. The molecule has 0 spiro atoms. The highest BCUT2D eigenvalue weighted by Gasteiger charge is 2.24. The molecule has 1 aliphatic rings. The van der Waals surface area contributed by atoms with Gasteiger partial charge in [0, 0.05) is 20.6 Å². The maximum atomic E-state index is 11.9. The molecule has 0 bridgehead atoms. The molecule has 74 valence electrons. The van der Waals surface area contributed by atoms with Gasteiger partial charge in [0.1, 0.15) is 0 Å². The first-order chi connectivity index (χ1) is 6.77. The van der Waals surface area contributed by atoms with Gasteiger partial charge in [-0.1, -0.05) is 19.5 Å². The molecule has 1 aliphatic heterocycles. The predicted molar refractivity (Wildman–Crippen MR) is 61.5 cm³/mol. The van der Waals surface area contributed by atoms with Gasteiger partial charge in [0.05, 0.1) is 10.4 Å². The average molecular weight is 225 g/mol. The van der Waals surface area contributed by atoms with Crippen LogP contribution in [0, 0.1) is 5.63 Å². The van der Waals surface area contributed by atoms with Gasteiger partial charge >= 0.3 is 0 Å². The molecule has 0 aliphatic carbocycles. The molecule has 0 saturated heterocycles. The molecule has 0 N–H and O–H groups in total. The topological polar surface area (TPSA) is 20.3 Å². The van der Waals surface area contributed by atoms with Crippen molar-refractivity contribution in [2.45, 2.75) is 13.8 Å². The van der Waals surface area contributed by atoms with Gasteiger partial charge in [0.25, 0.3) is 0 Å². The van der Waals surface area contributed by atoms with E-state index in [-0.39, 0.29) is 5.52 Å². The molecule has 2 heterocycles. The number of carbonyl (C=O) groups excluding carboxylic acids is 1. The number of hydrogen-bond donors (Lipinski definition) is 0. The summed E-state index contributed by atoms with van der Waals surface area (Å²) in [5.41, 5.74) is 4.49. The van der Waals surface area contributed by atoms with Gasteiger partial charge in [-0.2, -0.15) is 0 Å². The second kappa shape index (κ2) is 3.88. The van der Waals surface area contributed by atoms with Crippen molar-refractivity contribution in [2.24, 2.45) is 0 Å². The zero-order valence-electron chi connectivity index (χ0n) is 8.28. The van der Waals surface area contributed by atoms with Crippen molar-refractivity contribution in [3.8, 4) is 5.63 Å². The number of rotatable bonds is 2. The first kappa shape index (κ1) is 9.95. The lowest BCUT2D eigenvalue weighted by atomic mass is 10.3. The summed E-state index contributed by atoms with van der Waals surface area (Å²) in [4.78, 5) is 13.0. The van der Waals surface area contributed by atoms with Gasteiger partial charge in [0.15, 0.2) is 0 Å². The number of fused-ring (bicyclic) bond motifs is 1. The minimum atomic E-state index is -0.805. The van der Waals surface area contributed by atoms with Crippen LogP contribution >= 0.6 is 18.9 Å². The zero-order chi connectivity index (χ0) is 10.1. The third kappa shape index (κ3) is 1.43. The molecule has 0 amide bonds. The van der Waals surface area contributed by atoms with E-state index in [4.69, 9.17) is 0 Å². The Labute approximate surface area is 88.7 Å². The summed E-state index contributed by atoms with van der Waals surface area (Å²) >= 11 is 1.62. The fourth-order valence-electron chi connectivity index (χ4n) is 1.53. The van der Waals surface area contributed by atoms with Crippen LogP contribution in [0.15, 0.2) is 11.4 Å². The summed E-state index contributed by atoms with van der Waals surface area (Å²) in [7, 11) is -0.805. The van der Waals surface area contributed by atoms with Gasteiger partial charge < -0.3 is 0 Å². The maximum absolute atomic E-state index is 11.9. The van der Waals surface area contributed by atoms with Crippen LogP contribution in [0.2, 0.25) is 0 Å². The van der Waals surface area contributed by atoms with Crippen molar-refractivity contribution in [3.63, 3.8) is 0 Å². The lowest BCUT2D eigenvalue weighted by Crippen LogP contribution is -2.15.